The molecule has 98 valence electrons. The quantitative estimate of drug-likeness (QED) is 0.278. The van der Waals surface area contributed by atoms with Crippen LogP contribution < -0.4 is 5.32 Å². The zero-order valence-corrected chi connectivity index (χ0v) is 10.1. The first-order valence-corrected chi connectivity index (χ1v) is 6.31. The topological polar surface area (TPSA) is 127 Å². The first-order chi connectivity index (χ1) is 7.17. The van der Waals surface area contributed by atoms with Gasteiger partial charge in [-0.25, -0.2) is 0 Å². The fraction of sp³-hybridized carbons (Fsp3) is 1.00. The Kier molecular flexibility index (Phi) is 5.80. The molecule has 0 saturated carbocycles. The molecule has 0 fully saturated rings. The molecule has 0 aliphatic heterocycles. The molecule has 0 bridgehead atoms. The van der Waals surface area contributed by atoms with Gasteiger partial charge in [0.05, 0.1) is 18.8 Å². The van der Waals surface area contributed by atoms with Crippen LogP contribution in [0, 0.1) is 5.92 Å². The van der Waals surface area contributed by atoms with Gasteiger partial charge in [-0.1, -0.05) is 13.8 Å². The summed E-state index contributed by atoms with van der Waals surface area (Å²) < 4.78 is 29.8. The minimum atomic E-state index is -4.67. The first kappa shape index (κ1) is 15.8. The largest absolute Gasteiger partial charge is 0.394 e. The van der Waals surface area contributed by atoms with Crippen LogP contribution in [-0.4, -0.2) is 52.6 Å². The highest BCUT2D eigenvalue weighted by molar-refractivity contribution is 7.86. The standard InChI is InChI=1S/C8H19NO6S/c1-6(2)3-8(4-10,5-11)9-7(12)16(13,14)15/h6-7,9-12H,3-5H2,1-2H3,(H,13,14,15). The van der Waals surface area contributed by atoms with Crippen molar-refractivity contribution in [1.82, 2.24) is 5.32 Å². The van der Waals surface area contributed by atoms with Crippen LogP contribution in [0.5, 0.6) is 0 Å². The van der Waals surface area contributed by atoms with Crippen molar-refractivity contribution in [3.63, 3.8) is 0 Å². The van der Waals surface area contributed by atoms with Crippen molar-refractivity contribution >= 4 is 10.1 Å². The van der Waals surface area contributed by atoms with E-state index in [1.54, 1.807) is 0 Å². The van der Waals surface area contributed by atoms with Gasteiger partial charge < -0.3 is 15.3 Å². The number of rotatable bonds is 7. The molecule has 0 radical (unpaired) electrons. The summed E-state index contributed by atoms with van der Waals surface area (Å²) in [6.45, 7) is 2.49. The Hall–Kier alpha value is -0.250. The molecule has 1 atom stereocenters. The fourth-order valence-electron chi connectivity index (χ4n) is 1.45. The Morgan fingerprint density at radius 2 is 1.69 bits per heavy atom. The van der Waals surface area contributed by atoms with E-state index >= 15 is 0 Å². The van der Waals surface area contributed by atoms with Crippen molar-refractivity contribution in [2.75, 3.05) is 13.2 Å². The van der Waals surface area contributed by atoms with E-state index in [0.29, 0.717) is 0 Å². The van der Waals surface area contributed by atoms with Crippen molar-refractivity contribution in [2.45, 2.75) is 31.4 Å². The Balaban J connectivity index is 4.80. The normalized spacial score (nSPS) is 15.4. The Morgan fingerprint density at radius 1 is 1.25 bits per heavy atom. The van der Waals surface area contributed by atoms with Crippen LogP contribution in [0.15, 0.2) is 0 Å². The highest BCUT2D eigenvalue weighted by Crippen LogP contribution is 2.17. The van der Waals surface area contributed by atoms with Crippen LogP contribution in [0.3, 0.4) is 0 Å². The van der Waals surface area contributed by atoms with Crippen LogP contribution in [0.1, 0.15) is 20.3 Å². The highest BCUT2D eigenvalue weighted by atomic mass is 32.2. The molecule has 0 heterocycles. The lowest BCUT2D eigenvalue weighted by Gasteiger charge is -2.34. The Morgan fingerprint density at radius 3 is 1.94 bits per heavy atom. The maximum absolute atomic E-state index is 10.6. The third kappa shape index (κ3) is 4.73. The second-order valence-electron chi connectivity index (χ2n) is 4.21. The SMILES string of the molecule is CC(C)CC(CO)(CO)NC(O)S(=O)(=O)O. The van der Waals surface area contributed by atoms with Crippen LogP contribution >= 0.6 is 0 Å². The predicted octanol–water partition coefficient (Wildman–Crippen LogP) is -1.49. The smallest absolute Gasteiger partial charge is 0.306 e. The highest BCUT2D eigenvalue weighted by Gasteiger charge is 2.35. The summed E-state index contributed by atoms with van der Waals surface area (Å²) in [6.07, 6.45) is 0.243. The maximum Gasteiger partial charge on any atom is 0.306 e. The summed E-state index contributed by atoms with van der Waals surface area (Å²) in [7, 11) is -4.67. The third-order valence-corrected chi connectivity index (χ3v) is 2.80. The molecule has 0 aromatic rings. The molecule has 0 aliphatic rings. The van der Waals surface area contributed by atoms with Gasteiger partial charge in [-0.15, -0.1) is 0 Å². The molecular formula is C8H19NO6S. The second-order valence-corrected chi connectivity index (χ2v) is 5.68. The van der Waals surface area contributed by atoms with Gasteiger partial charge in [-0.3, -0.25) is 9.87 Å². The molecule has 0 amide bonds. The van der Waals surface area contributed by atoms with Gasteiger partial charge in [0, 0.05) is 0 Å². The van der Waals surface area contributed by atoms with E-state index in [4.69, 9.17) is 19.9 Å². The van der Waals surface area contributed by atoms with Crippen LogP contribution in [-0.2, 0) is 10.1 Å². The summed E-state index contributed by atoms with van der Waals surface area (Å²) in [5, 5.41) is 29.5. The van der Waals surface area contributed by atoms with Gasteiger partial charge in [0.25, 0.3) is 0 Å². The van der Waals surface area contributed by atoms with Crippen LogP contribution in [0.4, 0.5) is 0 Å². The third-order valence-electron chi connectivity index (χ3n) is 2.12. The lowest BCUT2D eigenvalue weighted by atomic mass is 9.90. The van der Waals surface area contributed by atoms with E-state index in [9.17, 15) is 8.42 Å². The molecule has 7 nitrogen and oxygen atoms in total. The van der Waals surface area contributed by atoms with Crippen molar-refractivity contribution in [1.29, 1.82) is 0 Å². The molecule has 0 rings (SSSR count). The van der Waals surface area contributed by atoms with Crippen molar-refractivity contribution in [3.8, 4) is 0 Å². The summed E-state index contributed by atoms with van der Waals surface area (Å²) in [5.41, 5.74) is -3.57. The summed E-state index contributed by atoms with van der Waals surface area (Å²) in [5.74, 6) is 0.0559. The number of hydrogen-bond donors (Lipinski definition) is 5. The number of hydrogen-bond acceptors (Lipinski definition) is 6. The van der Waals surface area contributed by atoms with Crippen molar-refractivity contribution < 1.29 is 28.3 Å². The van der Waals surface area contributed by atoms with E-state index < -0.39 is 34.4 Å². The number of aliphatic hydroxyl groups excluding tert-OH is 3. The van der Waals surface area contributed by atoms with Gasteiger partial charge in [0.15, 0.2) is 0 Å². The molecular weight excluding hydrogens is 238 g/mol. The molecule has 8 heteroatoms. The van der Waals surface area contributed by atoms with Crippen LogP contribution in [0.25, 0.3) is 0 Å². The van der Waals surface area contributed by atoms with E-state index in [1.165, 1.54) is 0 Å². The van der Waals surface area contributed by atoms with E-state index in [-0.39, 0.29) is 12.3 Å². The molecule has 0 spiro atoms. The minimum absolute atomic E-state index is 0.0559. The molecule has 0 aromatic heterocycles. The molecule has 0 aliphatic carbocycles. The minimum Gasteiger partial charge on any atom is -0.394 e. The molecule has 0 aromatic carbocycles. The molecule has 5 N–H and O–H groups in total. The average Bonchev–Trinajstić information content (AvgIpc) is 2.14. The second kappa shape index (κ2) is 5.89. The van der Waals surface area contributed by atoms with Gasteiger partial charge in [-0.2, -0.15) is 8.42 Å². The molecule has 1 unspecified atom stereocenters. The van der Waals surface area contributed by atoms with Gasteiger partial charge in [0.2, 0.25) is 5.56 Å². The summed E-state index contributed by atoms with van der Waals surface area (Å²) >= 11 is 0. The van der Waals surface area contributed by atoms with Crippen molar-refractivity contribution in [3.05, 3.63) is 0 Å². The Bertz CT molecular complexity index is 298. The summed E-state index contributed by atoms with van der Waals surface area (Å²) in [6, 6.07) is 0. The first-order valence-electron chi connectivity index (χ1n) is 4.80. The van der Waals surface area contributed by atoms with Crippen molar-refractivity contribution in [2.24, 2.45) is 5.92 Å². The van der Waals surface area contributed by atoms with Crippen LogP contribution in [0.2, 0.25) is 0 Å². The lowest BCUT2D eigenvalue weighted by molar-refractivity contribution is 0.0382. The monoisotopic (exact) mass is 257 g/mol. The zero-order chi connectivity index (χ0) is 13.0. The van der Waals surface area contributed by atoms with Gasteiger partial charge in [-0.05, 0) is 12.3 Å². The average molecular weight is 257 g/mol. The lowest BCUT2D eigenvalue weighted by Crippen LogP contribution is -2.58. The fourth-order valence-corrected chi connectivity index (χ4v) is 1.85. The molecule has 16 heavy (non-hydrogen) atoms. The van der Waals surface area contributed by atoms with E-state index in [2.05, 4.69) is 5.32 Å². The Labute approximate surface area is 94.9 Å². The number of nitrogens with one attached hydrogen (secondary N) is 1. The molecule has 0 saturated heterocycles. The van der Waals surface area contributed by atoms with Gasteiger partial charge >= 0.3 is 10.1 Å². The summed E-state index contributed by atoms with van der Waals surface area (Å²) in [4.78, 5) is 0. The zero-order valence-electron chi connectivity index (χ0n) is 9.29. The van der Waals surface area contributed by atoms with Gasteiger partial charge in [0.1, 0.15) is 0 Å². The number of aliphatic hydroxyl groups is 3. The predicted molar refractivity (Wildman–Crippen MR) is 57.0 cm³/mol. The maximum atomic E-state index is 10.6. The van der Waals surface area contributed by atoms with E-state index in [0.717, 1.165) is 0 Å². The van der Waals surface area contributed by atoms with E-state index in [1.807, 2.05) is 13.8 Å².